The normalized spacial score (nSPS) is 16.0. The summed E-state index contributed by atoms with van der Waals surface area (Å²) in [5.74, 6) is -0.372. The first-order valence-electron chi connectivity index (χ1n) is 10.0. The van der Waals surface area contributed by atoms with Crippen LogP contribution in [0.25, 0.3) is 10.6 Å². The summed E-state index contributed by atoms with van der Waals surface area (Å²) >= 11 is 1.17. The number of likely N-dealkylation sites (tertiary alicyclic amines) is 1. The highest BCUT2D eigenvalue weighted by Crippen LogP contribution is 2.31. The number of amides is 2. The molecule has 3 aromatic rings. The van der Waals surface area contributed by atoms with Gasteiger partial charge in [0.05, 0.1) is 12.7 Å². The quantitative estimate of drug-likeness (QED) is 0.587. The van der Waals surface area contributed by atoms with Gasteiger partial charge in [-0.25, -0.2) is 0 Å². The van der Waals surface area contributed by atoms with E-state index in [4.69, 9.17) is 4.74 Å². The fourth-order valence-corrected chi connectivity index (χ4v) is 4.34. The van der Waals surface area contributed by atoms with Gasteiger partial charge >= 0.3 is 6.18 Å². The molecule has 4 rings (SSSR count). The third kappa shape index (κ3) is 4.98. The second-order valence-electron chi connectivity index (χ2n) is 7.37. The average molecular weight is 476 g/mol. The van der Waals surface area contributed by atoms with E-state index in [1.54, 1.807) is 19.2 Å². The molecule has 2 amide bonds. The van der Waals surface area contributed by atoms with E-state index < -0.39 is 29.6 Å². The molecule has 33 heavy (non-hydrogen) atoms. The molecule has 1 aliphatic rings. The van der Waals surface area contributed by atoms with Crippen LogP contribution in [0.4, 0.5) is 18.3 Å². The highest BCUT2D eigenvalue weighted by molar-refractivity contribution is 7.18. The van der Waals surface area contributed by atoms with Gasteiger partial charge in [0, 0.05) is 17.7 Å². The summed E-state index contributed by atoms with van der Waals surface area (Å²) in [6, 6.07) is 10.6. The summed E-state index contributed by atoms with van der Waals surface area (Å²) in [4.78, 5) is 27.0. The molecule has 2 aromatic carbocycles. The molecular formula is C22H19F3N4O3S. The Morgan fingerprint density at radius 1 is 1.15 bits per heavy atom. The SMILES string of the molecule is COc1ccc(-c2nnc(NC(=O)C3CCCN3C(=O)c3cccc(C(F)(F)F)c3)s2)cc1. The average Bonchev–Trinajstić information content (AvgIpc) is 3.48. The Bertz CT molecular complexity index is 1160. The van der Waals surface area contributed by atoms with Crippen molar-refractivity contribution in [3.8, 4) is 16.3 Å². The first-order valence-corrected chi connectivity index (χ1v) is 10.8. The van der Waals surface area contributed by atoms with E-state index in [9.17, 15) is 22.8 Å². The maximum atomic E-state index is 13.0. The second kappa shape index (κ2) is 9.18. The van der Waals surface area contributed by atoms with Crippen molar-refractivity contribution in [1.82, 2.24) is 15.1 Å². The molecule has 1 saturated heterocycles. The summed E-state index contributed by atoms with van der Waals surface area (Å²) < 4.78 is 44.2. The van der Waals surface area contributed by atoms with Crippen molar-refractivity contribution in [2.24, 2.45) is 0 Å². The zero-order valence-corrected chi connectivity index (χ0v) is 18.2. The van der Waals surface area contributed by atoms with Gasteiger partial charge in [0.2, 0.25) is 11.0 Å². The Morgan fingerprint density at radius 2 is 1.91 bits per heavy atom. The van der Waals surface area contributed by atoms with E-state index in [2.05, 4.69) is 15.5 Å². The van der Waals surface area contributed by atoms with Crippen LogP contribution >= 0.6 is 11.3 Å². The van der Waals surface area contributed by atoms with Crippen LogP contribution in [0.15, 0.2) is 48.5 Å². The van der Waals surface area contributed by atoms with Crippen LogP contribution in [0.2, 0.25) is 0 Å². The maximum Gasteiger partial charge on any atom is 0.416 e. The summed E-state index contributed by atoms with van der Waals surface area (Å²) in [7, 11) is 1.57. The number of benzene rings is 2. The number of aromatic nitrogens is 2. The smallest absolute Gasteiger partial charge is 0.416 e. The minimum atomic E-state index is -4.56. The van der Waals surface area contributed by atoms with Crippen LogP contribution in [0.1, 0.15) is 28.8 Å². The van der Waals surface area contributed by atoms with Crippen LogP contribution in [-0.4, -0.2) is 46.6 Å². The number of hydrogen-bond donors (Lipinski definition) is 1. The zero-order chi connectivity index (χ0) is 23.6. The molecule has 172 valence electrons. The van der Waals surface area contributed by atoms with Gasteiger partial charge in [-0.15, -0.1) is 10.2 Å². The molecule has 1 atom stereocenters. The number of carbonyl (C=O) groups excluding carboxylic acids is 2. The number of anilines is 1. The van der Waals surface area contributed by atoms with Gasteiger partial charge in [-0.1, -0.05) is 17.4 Å². The minimum Gasteiger partial charge on any atom is -0.497 e. The number of nitrogens with zero attached hydrogens (tertiary/aromatic N) is 3. The number of alkyl halides is 3. The zero-order valence-electron chi connectivity index (χ0n) is 17.4. The van der Waals surface area contributed by atoms with Crippen molar-refractivity contribution in [3.05, 3.63) is 59.7 Å². The number of halogens is 3. The number of nitrogens with one attached hydrogen (secondary N) is 1. The molecular weight excluding hydrogens is 457 g/mol. The predicted octanol–water partition coefficient (Wildman–Crippen LogP) is 4.48. The Morgan fingerprint density at radius 3 is 2.61 bits per heavy atom. The topological polar surface area (TPSA) is 84.4 Å². The van der Waals surface area contributed by atoms with Crippen molar-refractivity contribution in [2.45, 2.75) is 25.1 Å². The lowest BCUT2D eigenvalue weighted by molar-refractivity contribution is -0.137. The van der Waals surface area contributed by atoms with Gasteiger partial charge in [0.1, 0.15) is 16.8 Å². The van der Waals surface area contributed by atoms with Crippen molar-refractivity contribution < 1.29 is 27.5 Å². The lowest BCUT2D eigenvalue weighted by Crippen LogP contribution is -2.43. The van der Waals surface area contributed by atoms with Crippen LogP contribution < -0.4 is 10.1 Å². The summed E-state index contributed by atoms with van der Waals surface area (Å²) in [5, 5.41) is 11.6. The summed E-state index contributed by atoms with van der Waals surface area (Å²) in [5.41, 5.74) is -0.216. The first kappa shape index (κ1) is 22.7. The van der Waals surface area contributed by atoms with E-state index in [-0.39, 0.29) is 17.2 Å². The summed E-state index contributed by atoms with van der Waals surface area (Å²) in [6.45, 7) is 0.278. The van der Waals surface area contributed by atoms with Crippen LogP contribution in [0.3, 0.4) is 0 Å². The van der Waals surface area contributed by atoms with Gasteiger partial charge in [0.15, 0.2) is 0 Å². The monoisotopic (exact) mass is 476 g/mol. The second-order valence-corrected chi connectivity index (χ2v) is 8.34. The Hall–Kier alpha value is -3.47. The van der Waals surface area contributed by atoms with E-state index in [1.165, 1.54) is 28.4 Å². The van der Waals surface area contributed by atoms with Gasteiger partial charge in [0.25, 0.3) is 5.91 Å². The fraction of sp³-hybridized carbons (Fsp3) is 0.273. The first-order chi connectivity index (χ1) is 15.8. The number of hydrogen-bond acceptors (Lipinski definition) is 6. The minimum absolute atomic E-state index is 0.109. The molecule has 1 aliphatic heterocycles. The third-order valence-corrected chi connectivity index (χ3v) is 6.13. The van der Waals surface area contributed by atoms with E-state index in [0.717, 1.165) is 17.7 Å². The lowest BCUT2D eigenvalue weighted by Gasteiger charge is -2.24. The molecule has 1 unspecified atom stereocenters. The molecule has 7 nitrogen and oxygen atoms in total. The largest absolute Gasteiger partial charge is 0.497 e. The van der Waals surface area contributed by atoms with Gasteiger partial charge < -0.3 is 9.64 Å². The molecule has 1 fully saturated rings. The lowest BCUT2D eigenvalue weighted by atomic mass is 10.1. The van der Waals surface area contributed by atoms with Gasteiger partial charge in [-0.05, 0) is 55.3 Å². The van der Waals surface area contributed by atoms with Gasteiger partial charge in [-0.3, -0.25) is 14.9 Å². The molecule has 11 heteroatoms. The molecule has 0 bridgehead atoms. The van der Waals surface area contributed by atoms with Crippen LogP contribution in [0, 0.1) is 0 Å². The van der Waals surface area contributed by atoms with Crippen molar-refractivity contribution in [1.29, 1.82) is 0 Å². The summed E-state index contributed by atoms with van der Waals surface area (Å²) in [6.07, 6.45) is -3.59. The van der Waals surface area contributed by atoms with Crippen LogP contribution in [-0.2, 0) is 11.0 Å². The predicted molar refractivity (Wildman–Crippen MR) is 116 cm³/mol. The molecule has 1 N–H and O–H groups in total. The molecule has 2 heterocycles. The Labute approximate surface area is 191 Å². The fourth-order valence-electron chi connectivity index (χ4n) is 3.59. The highest BCUT2D eigenvalue weighted by Gasteiger charge is 2.36. The number of methoxy groups -OCH3 is 1. The number of rotatable bonds is 5. The maximum absolute atomic E-state index is 13.0. The highest BCUT2D eigenvalue weighted by atomic mass is 32.1. The molecule has 1 aromatic heterocycles. The molecule has 0 aliphatic carbocycles. The molecule has 0 spiro atoms. The van der Waals surface area contributed by atoms with Gasteiger partial charge in [-0.2, -0.15) is 13.2 Å². The van der Waals surface area contributed by atoms with Crippen molar-refractivity contribution >= 4 is 28.3 Å². The van der Waals surface area contributed by atoms with E-state index >= 15 is 0 Å². The Balaban J connectivity index is 1.46. The van der Waals surface area contributed by atoms with E-state index in [1.807, 2.05) is 12.1 Å². The molecule has 0 radical (unpaired) electrons. The van der Waals surface area contributed by atoms with Crippen LogP contribution in [0.5, 0.6) is 5.75 Å². The van der Waals surface area contributed by atoms with Crippen molar-refractivity contribution in [2.75, 3.05) is 19.0 Å². The standard InChI is InChI=1S/C22H19F3N4O3S/c1-32-16-9-7-13(8-10-16)19-27-28-21(33-19)26-18(30)17-6-3-11-29(17)20(31)14-4-2-5-15(12-14)22(23,24)25/h2,4-5,7-10,12,17H,3,6,11H2,1H3,(H,26,28,30). The van der Waals surface area contributed by atoms with E-state index in [0.29, 0.717) is 23.6 Å². The van der Waals surface area contributed by atoms with Crippen molar-refractivity contribution in [3.63, 3.8) is 0 Å². The molecule has 0 saturated carbocycles. The third-order valence-electron chi connectivity index (χ3n) is 5.25. The number of carbonyl (C=O) groups is 2. The number of ether oxygens (including phenoxy) is 1. The Kier molecular flexibility index (Phi) is 6.32.